The Morgan fingerprint density at radius 1 is 1.38 bits per heavy atom. The number of aromatic nitrogens is 1. The summed E-state index contributed by atoms with van der Waals surface area (Å²) in [5.74, 6) is 0.218. The van der Waals surface area contributed by atoms with Gasteiger partial charge in [0.05, 0.1) is 0 Å². The van der Waals surface area contributed by atoms with E-state index in [0.29, 0.717) is 6.42 Å². The fourth-order valence-corrected chi connectivity index (χ4v) is 0.850. The number of rotatable bonds is 3. The lowest BCUT2D eigenvalue weighted by atomic mass is 10.2. The van der Waals surface area contributed by atoms with Crippen molar-refractivity contribution in [3.05, 3.63) is 30.1 Å². The fraction of sp³-hybridized carbons (Fsp3) is 0.455. The molecule has 0 unspecified atom stereocenters. The molecule has 0 radical (unpaired) electrons. The Kier molecular flexibility index (Phi) is 6.79. The van der Waals surface area contributed by atoms with Crippen LogP contribution in [0.25, 0.3) is 0 Å². The first-order chi connectivity index (χ1) is 6.29. The molecule has 0 N–H and O–H groups in total. The predicted octanol–water partition coefficient (Wildman–Crippen LogP) is 2.63. The zero-order valence-electron chi connectivity index (χ0n) is 8.58. The van der Waals surface area contributed by atoms with Gasteiger partial charge in [-0.2, -0.15) is 0 Å². The molecule has 0 saturated carbocycles. The molecule has 0 aliphatic carbocycles. The van der Waals surface area contributed by atoms with Gasteiger partial charge in [0.1, 0.15) is 5.78 Å². The first kappa shape index (κ1) is 11.8. The molecule has 0 fully saturated rings. The molecular formula is C11H17NO. The van der Waals surface area contributed by atoms with Crippen LogP contribution in [0.5, 0.6) is 0 Å². The lowest BCUT2D eigenvalue weighted by molar-refractivity contribution is -0.116. The number of nitrogens with zero attached hydrogens (tertiary/aromatic N) is 1. The molecule has 0 aromatic carbocycles. The maximum Gasteiger partial charge on any atom is 0.130 e. The molecule has 0 aliphatic heterocycles. The van der Waals surface area contributed by atoms with Crippen molar-refractivity contribution in [2.45, 2.75) is 33.6 Å². The van der Waals surface area contributed by atoms with Crippen LogP contribution in [0.1, 0.15) is 32.9 Å². The van der Waals surface area contributed by atoms with Gasteiger partial charge in [-0.15, -0.1) is 0 Å². The average molecular weight is 179 g/mol. The maximum absolute atomic E-state index is 10.6. The van der Waals surface area contributed by atoms with Gasteiger partial charge >= 0.3 is 0 Å². The molecular weight excluding hydrogens is 162 g/mol. The van der Waals surface area contributed by atoms with Crippen molar-refractivity contribution in [2.24, 2.45) is 0 Å². The number of aryl methyl sites for hydroxylation is 1. The van der Waals surface area contributed by atoms with Gasteiger partial charge in [-0.25, -0.2) is 0 Å². The number of hydrogen-bond donors (Lipinski definition) is 0. The molecule has 2 nitrogen and oxygen atoms in total. The molecule has 0 bridgehead atoms. The van der Waals surface area contributed by atoms with Gasteiger partial charge in [-0.05, 0) is 25.5 Å². The lowest BCUT2D eigenvalue weighted by Crippen LogP contribution is -1.95. The SMILES string of the molecule is CC.CC(=O)CCc1ccccn1. The minimum absolute atomic E-state index is 0.218. The number of pyridine rings is 1. The molecule has 2 heteroatoms. The normalized spacial score (nSPS) is 8.54. The minimum Gasteiger partial charge on any atom is -0.300 e. The third-order valence-electron chi connectivity index (χ3n) is 1.46. The smallest absolute Gasteiger partial charge is 0.130 e. The number of Topliss-reactive ketones (excluding diaryl/α,β-unsaturated/α-hetero) is 1. The summed E-state index contributed by atoms with van der Waals surface area (Å²) in [6.45, 7) is 5.60. The van der Waals surface area contributed by atoms with Crippen molar-refractivity contribution in [3.8, 4) is 0 Å². The molecule has 0 saturated heterocycles. The Morgan fingerprint density at radius 3 is 2.54 bits per heavy atom. The molecule has 0 amide bonds. The Bertz CT molecular complexity index is 231. The van der Waals surface area contributed by atoms with Crippen molar-refractivity contribution >= 4 is 5.78 Å². The Balaban J connectivity index is 0.000000671. The highest BCUT2D eigenvalue weighted by Gasteiger charge is 1.95. The van der Waals surface area contributed by atoms with E-state index in [1.54, 1.807) is 13.1 Å². The summed E-state index contributed by atoms with van der Waals surface area (Å²) in [6.07, 6.45) is 3.10. The summed E-state index contributed by atoms with van der Waals surface area (Å²) in [7, 11) is 0. The summed E-state index contributed by atoms with van der Waals surface area (Å²) in [5.41, 5.74) is 0.989. The van der Waals surface area contributed by atoms with E-state index >= 15 is 0 Å². The molecule has 0 atom stereocenters. The van der Waals surface area contributed by atoms with Gasteiger partial charge in [-0.3, -0.25) is 4.98 Å². The molecule has 72 valence electrons. The van der Waals surface area contributed by atoms with Gasteiger partial charge in [0.15, 0.2) is 0 Å². The summed E-state index contributed by atoms with van der Waals surface area (Å²) in [5, 5.41) is 0. The zero-order valence-corrected chi connectivity index (χ0v) is 8.58. The third-order valence-corrected chi connectivity index (χ3v) is 1.46. The van der Waals surface area contributed by atoms with E-state index in [-0.39, 0.29) is 5.78 Å². The van der Waals surface area contributed by atoms with Crippen LogP contribution in [0.15, 0.2) is 24.4 Å². The van der Waals surface area contributed by atoms with Gasteiger partial charge in [0, 0.05) is 18.3 Å². The first-order valence-corrected chi connectivity index (χ1v) is 4.68. The Hall–Kier alpha value is -1.18. The van der Waals surface area contributed by atoms with Crippen molar-refractivity contribution in [1.82, 2.24) is 4.98 Å². The molecule has 1 aromatic rings. The second-order valence-electron chi connectivity index (χ2n) is 2.52. The highest BCUT2D eigenvalue weighted by Crippen LogP contribution is 1.97. The van der Waals surface area contributed by atoms with Crippen LogP contribution < -0.4 is 0 Å². The largest absolute Gasteiger partial charge is 0.300 e. The van der Waals surface area contributed by atoms with Gasteiger partial charge in [0.2, 0.25) is 0 Å². The number of carbonyl (C=O) groups excluding carboxylic acids is 1. The van der Waals surface area contributed by atoms with E-state index in [2.05, 4.69) is 4.98 Å². The van der Waals surface area contributed by atoms with E-state index < -0.39 is 0 Å². The zero-order chi connectivity index (χ0) is 10.1. The predicted molar refractivity (Wildman–Crippen MR) is 54.6 cm³/mol. The van der Waals surface area contributed by atoms with E-state index in [0.717, 1.165) is 12.1 Å². The summed E-state index contributed by atoms with van der Waals surface area (Å²) in [4.78, 5) is 14.7. The van der Waals surface area contributed by atoms with Crippen LogP contribution in [0.2, 0.25) is 0 Å². The summed E-state index contributed by atoms with van der Waals surface area (Å²) >= 11 is 0. The lowest BCUT2D eigenvalue weighted by Gasteiger charge is -1.95. The Labute approximate surface area is 80.0 Å². The average Bonchev–Trinajstić information content (AvgIpc) is 2.19. The first-order valence-electron chi connectivity index (χ1n) is 4.68. The van der Waals surface area contributed by atoms with Crippen molar-refractivity contribution < 1.29 is 4.79 Å². The van der Waals surface area contributed by atoms with E-state index in [4.69, 9.17) is 0 Å². The molecule has 13 heavy (non-hydrogen) atoms. The second-order valence-corrected chi connectivity index (χ2v) is 2.52. The van der Waals surface area contributed by atoms with Crippen LogP contribution in [0.4, 0.5) is 0 Å². The van der Waals surface area contributed by atoms with Crippen molar-refractivity contribution in [3.63, 3.8) is 0 Å². The number of ketones is 1. The second kappa shape index (κ2) is 7.47. The molecule has 1 heterocycles. The van der Waals surface area contributed by atoms with Gasteiger partial charge in [0.25, 0.3) is 0 Å². The minimum atomic E-state index is 0.218. The van der Waals surface area contributed by atoms with Crippen LogP contribution in [-0.4, -0.2) is 10.8 Å². The standard InChI is InChI=1S/C9H11NO.C2H6/c1-8(11)5-6-9-4-2-3-7-10-9;1-2/h2-4,7H,5-6H2,1H3;1-2H3. The maximum atomic E-state index is 10.6. The van der Waals surface area contributed by atoms with Crippen LogP contribution in [0.3, 0.4) is 0 Å². The van der Waals surface area contributed by atoms with Crippen LogP contribution in [-0.2, 0) is 11.2 Å². The van der Waals surface area contributed by atoms with E-state index in [1.807, 2.05) is 32.0 Å². The van der Waals surface area contributed by atoms with Crippen molar-refractivity contribution in [2.75, 3.05) is 0 Å². The van der Waals surface area contributed by atoms with Crippen LogP contribution in [0, 0.1) is 0 Å². The summed E-state index contributed by atoms with van der Waals surface area (Å²) < 4.78 is 0. The fourth-order valence-electron chi connectivity index (χ4n) is 0.850. The highest BCUT2D eigenvalue weighted by atomic mass is 16.1. The quantitative estimate of drug-likeness (QED) is 0.714. The number of hydrogen-bond acceptors (Lipinski definition) is 2. The van der Waals surface area contributed by atoms with Gasteiger partial charge in [-0.1, -0.05) is 19.9 Å². The van der Waals surface area contributed by atoms with E-state index in [9.17, 15) is 4.79 Å². The molecule has 1 rings (SSSR count). The topological polar surface area (TPSA) is 30.0 Å². The summed E-state index contributed by atoms with van der Waals surface area (Å²) in [6, 6.07) is 5.74. The van der Waals surface area contributed by atoms with E-state index in [1.165, 1.54) is 0 Å². The van der Waals surface area contributed by atoms with Gasteiger partial charge < -0.3 is 4.79 Å². The number of carbonyl (C=O) groups is 1. The monoisotopic (exact) mass is 179 g/mol. The molecule has 0 aliphatic rings. The van der Waals surface area contributed by atoms with Crippen molar-refractivity contribution in [1.29, 1.82) is 0 Å². The molecule has 0 spiro atoms. The highest BCUT2D eigenvalue weighted by molar-refractivity contribution is 5.75. The Morgan fingerprint density at radius 2 is 2.08 bits per heavy atom. The molecule has 1 aromatic heterocycles. The van der Waals surface area contributed by atoms with Crippen LogP contribution >= 0.6 is 0 Å². The third kappa shape index (κ3) is 6.02.